The molecular formula is C24H40O4. The van der Waals surface area contributed by atoms with Gasteiger partial charge in [-0.3, -0.25) is 4.79 Å². The van der Waals surface area contributed by atoms with Gasteiger partial charge in [-0.25, -0.2) is 0 Å². The molecule has 0 bridgehead atoms. The Balaban J connectivity index is 2.61. The number of hydrogen-bond donors (Lipinski definition) is 1. The number of aliphatic hydroxyl groups is 1. The Morgan fingerprint density at radius 3 is 2.18 bits per heavy atom. The van der Waals surface area contributed by atoms with E-state index < -0.39 is 11.2 Å². The van der Waals surface area contributed by atoms with E-state index in [1.807, 2.05) is 32.9 Å². The first kappa shape index (κ1) is 24.8. The lowest BCUT2D eigenvalue weighted by atomic mass is 9.78. The standard InChI is InChI=1S/C24H40O4/c1-8-13-27-14-15-28-23(5,6)17-19(4)24(7,26)22(25)16-20-9-11-21(12-10-20)18(2)3/h9-12,18-19,26H,8,13-17H2,1-7H3. The van der Waals surface area contributed by atoms with E-state index in [-0.39, 0.29) is 18.1 Å². The van der Waals surface area contributed by atoms with Gasteiger partial charge in [-0.15, -0.1) is 0 Å². The zero-order chi connectivity index (χ0) is 21.4. The summed E-state index contributed by atoms with van der Waals surface area (Å²) in [6.07, 6.45) is 1.82. The Morgan fingerprint density at radius 2 is 1.64 bits per heavy atom. The molecule has 4 heteroatoms. The molecule has 2 unspecified atom stereocenters. The average molecular weight is 393 g/mol. The molecule has 0 saturated carbocycles. The molecule has 0 aliphatic heterocycles. The summed E-state index contributed by atoms with van der Waals surface area (Å²) in [7, 11) is 0. The third-order valence-electron chi connectivity index (χ3n) is 5.40. The Kier molecular flexibility index (Phi) is 9.82. The van der Waals surface area contributed by atoms with E-state index in [0.29, 0.717) is 25.6 Å². The average Bonchev–Trinajstić information content (AvgIpc) is 2.61. The number of Topliss-reactive ketones (excluding diaryl/α,β-unsaturated/α-hetero) is 1. The number of ether oxygens (including phenoxy) is 2. The van der Waals surface area contributed by atoms with Crippen LogP contribution in [-0.4, -0.2) is 41.9 Å². The number of benzene rings is 1. The van der Waals surface area contributed by atoms with Gasteiger partial charge >= 0.3 is 0 Å². The summed E-state index contributed by atoms with van der Waals surface area (Å²) in [6.45, 7) is 15.7. The van der Waals surface area contributed by atoms with Gasteiger partial charge in [-0.05, 0) is 56.6 Å². The van der Waals surface area contributed by atoms with E-state index in [0.717, 1.165) is 18.6 Å². The van der Waals surface area contributed by atoms with E-state index in [1.54, 1.807) is 6.92 Å². The van der Waals surface area contributed by atoms with Crippen LogP contribution in [0.2, 0.25) is 0 Å². The molecule has 0 aromatic heterocycles. The lowest BCUT2D eigenvalue weighted by Crippen LogP contribution is -2.45. The fourth-order valence-corrected chi connectivity index (χ4v) is 3.28. The fourth-order valence-electron chi connectivity index (χ4n) is 3.28. The van der Waals surface area contributed by atoms with E-state index in [1.165, 1.54) is 5.56 Å². The van der Waals surface area contributed by atoms with Crippen molar-refractivity contribution in [1.82, 2.24) is 0 Å². The number of ketones is 1. The molecule has 1 aromatic carbocycles. The van der Waals surface area contributed by atoms with Crippen molar-refractivity contribution in [3.63, 3.8) is 0 Å². The topological polar surface area (TPSA) is 55.8 Å². The molecule has 0 aliphatic rings. The number of carbonyl (C=O) groups excluding carboxylic acids is 1. The zero-order valence-corrected chi connectivity index (χ0v) is 18.9. The van der Waals surface area contributed by atoms with Crippen molar-refractivity contribution in [1.29, 1.82) is 0 Å². The highest BCUT2D eigenvalue weighted by Gasteiger charge is 2.39. The SMILES string of the molecule is CCCOCCOC(C)(C)CC(C)C(C)(O)C(=O)Cc1ccc(C(C)C)cc1. The van der Waals surface area contributed by atoms with Crippen molar-refractivity contribution >= 4 is 5.78 Å². The predicted molar refractivity (Wildman–Crippen MR) is 115 cm³/mol. The minimum absolute atomic E-state index is 0.153. The molecule has 28 heavy (non-hydrogen) atoms. The molecule has 1 N–H and O–H groups in total. The Morgan fingerprint density at radius 1 is 1.04 bits per heavy atom. The van der Waals surface area contributed by atoms with E-state index >= 15 is 0 Å². The largest absolute Gasteiger partial charge is 0.382 e. The van der Waals surface area contributed by atoms with Crippen LogP contribution in [0.15, 0.2) is 24.3 Å². The van der Waals surface area contributed by atoms with Crippen molar-refractivity contribution < 1.29 is 19.4 Å². The molecule has 0 radical (unpaired) electrons. The monoisotopic (exact) mass is 392 g/mol. The first-order valence-electron chi connectivity index (χ1n) is 10.6. The summed E-state index contributed by atoms with van der Waals surface area (Å²) in [5.74, 6) is 0.0864. The van der Waals surface area contributed by atoms with Gasteiger partial charge in [0.25, 0.3) is 0 Å². The third kappa shape index (κ3) is 8.02. The molecule has 1 rings (SSSR count). The van der Waals surface area contributed by atoms with Crippen LogP contribution in [0.5, 0.6) is 0 Å². The van der Waals surface area contributed by atoms with Crippen molar-refractivity contribution in [2.24, 2.45) is 5.92 Å². The summed E-state index contributed by atoms with van der Waals surface area (Å²) >= 11 is 0. The summed E-state index contributed by atoms with van der Waals surface area (Å²) in [5.41, 5.74) is 0.359. The molecule has 4 nitrogen and oxygen atoms in total. The van der Waals surface area contributed by atoms with Crippen molar-refractivity contribution in [3.8, 4) is 0 Å². The molecule has 0 heterocycles. The van der Waals surface area contributed by atoms with Crippen molar-refractivity contribution in [2.75, 3.05) is 19.8 Å². The summed E-state index contributed by atoms with van der Waals surface area (Å²) in [5, 5.41) is 10.9. The minimum atomic E-state index is -1.39. The number of hydrogen-bond acceptors (Lipinski definition) is 4. The lowest BCUT2D eigenvalue weighted by Gasteiger charge is -2.35. The van der Waals surface area contributed by atoms with Crippen LogP contribution in [0.1, 0.15) is 78.4 Å². The quantitative estimate of drug-likeness (QED) is 0.484. The highest BCUT2D eigenvalue weighted by Crippen LogP contribution is 2.30. The smallest absolute Gasteiger partial charge is 0.168 e. The van der Waals surface area contributed by atoms with Crippen LogP contribution in [0.3, 0.4) is 0 Å². The molecule has 0 aliphatic carbocycles. The number of rotatable bonds is 13. The molecule has 2 atom stereocenters. The van der Waals surface area contributed by atoms with E-state index in [2.05, 4.69) is 32.9 Å². The summed E-state index contributed by atoms with van der Waals surface area (Å²) in [6, 6.07) is 8.08. The van der Waals surface area contributed by atoms with Crippen LogP contribution in [0.4, 0.5) is 0 Å². The van der Waals surface area contributed by atoms with Crippen LogP contribution in [0.25, 0.3) is 0 Å². The molecule has 0 spiro atoms. The second kappa shape index (κ2) is 11.1. The van der Waals surface area contributed by atoms with Gasteiger partial charge in [0.05, 0.1) is 18.8 Å². The lowest BCUT2D eigenvalue weighted by molar-refractivity contribution is -0.143. The molecule has 0 saturated heterocycles. The molecular weight excluding hydrogens is 352 g/mol. The van der Waals surface area contributed by atoms with Gasteiger partial charge in [0.2, 0.25) is 0 Å². The summed E-state index contributed by atoms with van der Waals surface area (Å²) < 4.78 is 11.4. The normalized spacial score (nSPS) is 15.5. The van der Waals surface area contributed by atoms with Crippen molar-refractivity contribution in [3.05, 3.63) is 35.4 Å². The van der Waals surface area contributed by atoms with Gasteiger partial charge in [0.15, 0.2) is 5.78 Å². The maximum absolute atomic E-state index is 12.8. The maximum atomic E-state index is 12.8. The first-order chi connectivity index (χ1) is 13.0. The maximum Gasteiger partial charge on any atom is 0.168 e. The molecule has 160 valence electrons. The van der Waals surface area contributed by atoms with Gasteiger partial charge in [-0.1, -0.05) is 52.0 Å². The zero-order valence-electron chi connectivity index (χ0n) is 18.9. The van der Waals surface area contributed by atoms with Gasteiger partial charge in [-0.2, -0.15) is 0 Å². The Labute approximate surface area is 171 Å². The first-order valence-corrected chi connectivity index (χ1v) is 10.6. The third-order valence-corrected chi connectivity index (χ3v) is 5.40. The predicted octanol–water partition coefficient (Wildman–Crippen LogP) is 4.92. The van der Waals surface area contributed by atoms with Gasteiger partial charge in [0.1, 0.15) is 5.60 Å². The highest BCUT2D eigenvalue weighted by molar-refractivity contribution is 5.88. The van der Waals surface area contributed by atoms with Gasteiger partial charge in [0, 0.05) is 13.0 Å². The van der Waals surface area contributed by atoms with Crippen LogP contribution in [0, 0.1) is 5.92 Å². The van der Waals surface area contributed by atoms with Gasteiger partial charge < -0.3 is 14.6 Å². The van der Waals surface area contributed by atoms with Crippen LogP contribution >= 0.6 is 0 Å². The van der Waals surface area contributed by atoms with E-state index in [9.17, 15) is 9.90 Å². The van der Waals surface area contributed by atoms with Crippen LogP contribution < -0.4 is 0 Å². The second-order valence-electron chi connectivity index (χ2n) is 8.97. The molecule has 0 amide bonds. The Bertz CT molecular complexity index is 587. The number of carbonyl (C=O) groups is 1. The molecule has 0 fully saturated rings. The second-order valence-corrected chi connectivity index (χ2v) is 8.97. The van der Waals surface area contributed by atoms with Crippen LogP contribution in [-0.2, 0) is 20.7 Å². The van der Waals surface area contributed by atoms with E-state index in [4.69, 9.17) is 9.47 Å². The fraction of sp³-hybridized carbons (Fsp3) is 0.708. The van der Waals surface area contributed by atoms with Crippen molar-refractivity contribution in [2.45, 2.75) is 84.8 Å². The summed E-state index contributed by atoms with van der Waals surface area (Å²) in [4.78, 5) is 12.8. The Hall–Kier alpha value is -1.23. The highest BCUT2D eigenvalue weighted by atomic mass is 16.5. The minimum Gasteiger partial charge on any atom is -0.382 e. The molecule has 1 aromatic rings.